The third-order valence-corrected chi connectivity index (χ3v) is 12.1. The highest BCUT2D eigenvalue weighted by Gasteiger charge is 2.37. The summed E-state index contributed by atoms with van der Waals surface area (Å²) < 4.78 is 0. The van der Waals surface area contributed by atoms with E-state index in [1.807, 2.05) is 0 Å². The molecule has 1 aliphatic rings. The lowest BCUT2D eigenvalue weighted by molar-refractivity contribution is 0.332. The van der Waals surface area contributed by atoms with E-state index < -0.39 is 0 Å². The number of hydrogen-bond acceptors (Lipinski definition) is 2. The summed E-state index contributed by atoms with van der Waals surface area (Å²) in [6.45, 7) is 9.62. The average molecular weight is 751 g/mol. The SMILES string of the molecule is CC1(C)CCC(C)(C)c2cc(N(c3ccc(-c4ccc(N(c5ccccc5)c5ccccc5)cc4)cc3)c3ccc(-c4cccc(-c5ccccc5)c4)cc3)ccc21. The van der Waals surface area contributed by atoms with Crippen molar-refractivity contribution in [2.75, 3.05) is 9.80 Å². The number of para-hydroxylation sites is 2. The minimum Gasteiger partial charge on any atom is -0.311 e. The Morgan fingerprint density at radius 2 is 0.603 bits per heavy atom. The fourth-order valence-corrected chi connectivity index (χ4v) is 8.68. The van der Waals surface area contributed by atoms with Crippen LogP contribution in [0.4, 0.5) is 34.1 Å². The van der Waals surface area contributed by atoms with Crippen LogP contribution in [0.5, 0.6) is 0 Å². The monoisotopic (exact) mass is 750 g/mol. The van der Waals surface area contributed by atoms with E-state index in [0.29, 0.717) is 0 Å². The van der Waals surface area contributed by atoms with Gasteiger partial charge in [0, 0.05) is 34.1 Å². The van der Waals surface area contributed by atoms with Gasteiger partial charge in [0.1, 0.15) is 0 Å². The molecule has 284 valence electrons. The van der Waals surface area contributed by atoms with E-state index in [4.69, 9.17) is 0 Å². The molecular weight excluding hydrogens is 701 g/mol. The van der Waals surface area contributed by atoms with Crippen LogP contribution in [0.1, 0.15) is 51.7 Å². The highest BCUT2D eigenvalue weighted by molar-refractivity contribution is 5.82. The second-order valence-electron chi connectivity index (χ2n) is 16.9. The molecule has 1 aliphatic carbocycles. The van der Waals surface area contributed by atoms with E-state index in [-0.39, 0.29) is 10.8 Å². The van der Waals surface area contributed by atoms with E-state index in [0.717, 1.165) is 28.4 Å². The van der Waals surface area contributed by atoms with Gasteiger partial charge < -0.3 is 9.80 Å². The predicted molar refractivity (Wildman–Crippen MR) is 247 cm³/mol. The zero-order valence-electron chi connectivity index (χ0n) is 33.9. The first-order chi connectivity index (χ1) is 28.2. The maximum Gasteiger partial charge on any atom is 0.0464 e. The molecule has 2 heteroatoms. The predicted octanol–water partition coefficient (Wildman–Crippen LogP) is 16.0. The molecule has 0 atom stereocenters. The molecule has 0 unspecified atom stereocenters. The van der Waals surface area contributed by atoms with Gasteiger partial charge in [0.05, 0.1) is 0 Å². The van der Waals surface area contributed by atoms with Crippen molar-refractivity contribution in [1.29, 1.82) is 0 Å². The molecule has 0 radical (unpaired) electrons. The summed E-state index contributed by atoms with van der Waals surface area (Å²) in [4.78, 5) is 4.73. The highest BCUT2D eigenvalue weighted by atomic mass is 15.1. The first kappa shape index (κ1) is 37.0. The van der Waals surface area contributed by atoms with Crippen molar-refractivity contribution in [3.63, 3.8) is 0 Å². The van der Waals surface area contributed by atoms with Crippen LogP contribution >= 0.6 is 0 Å². The van der Waals surface area contributed by atoms with Gasteiger partial charge in [-0.1, -0.05) is 155 Å². The van der Waals surface area contributed by atoms with Crippen molar-refractivity contribution in [1.82, 2.24) is 0 Å². The molecule has 8 aromatic rings. The fourth-order valence-electron chi connectivity index (χ4n) is 8.68. The lowest BCUT2D eigenvalue weighted by atomic mass is 9.63. The lowest BCUT2D eigenvalue weighted by Gasteiger charge is -2.42. The van der Waals surface area contributed by atoms with Gasteiger partial charge in [-0.2, -0.15) is 0 Å². The Kier molecular flexibility index (Phi) is 9.79. The first-order valence-corrected chi connectivity index (χ1v) is 20.6. The molecule has 0 N–H and O–H groups in total. The third-order valence-electron chi connectivity index (χ3n) is 12.1. The Morgan fingerprint density at radius 3 is 1.07 bits per heavy atom. The number of rotatable bonds is 9. The van der Waals surface area contributed by atoms with Crippen LogP contribution in [0.15, 0.2) is 206 Å². The molecule has 2 nitrogen and oxygen atoms in total. The largest absolute Gasteiger partial charge is 0.311 e. The molecule has 0 amide bonds. The second kappa shape index (κ2) is 15.4. The number of anilines is 6. The maximum absolute atomic E-state index is 2.46. The summed E-state index contributed by atoms with van der Waals surface area (Å²) in [7, 11) is 0. The number of fused-ring (bicyclic) bond motifs is 1. The van der Waals surface area contributed by atoms with Crippen LogP contribution in [-0.4, -0.2) is 0 Å². The zero-order valence-corrected chi connectivity index (χ0v) is 33.9. The Hall–Kier alpha value is -6.64. The number of nitrogens with zero attached hydrogens (tertiary/aromatic N) is 2. The van der Waals surface area contributed by atoms with E-state index in [9.17, 15) is 0 Å². The van der Waals surface area contributed by atoms with E-state index in [1.54, 1.807) is 0 Å². The van der Waals surface area contributed by atoms with Crippen molar-refractivity contribution in [3.05, 3.63) is 217 Å². The minimum absolute atomic E-state index is 0.104. The maximum atomic E-state index is 2.46. The standard InChI is InChI=1S/C56H50N2/c1-55(2)37-38-56(3,4)54-40-52(35-36-53(54)55)58(51-33-27-44(28-34-51)46-18-14-17-45(39-46)41-15-8-5-9-16-41)50-31-25-43(26-32-50)42-23-29-49(30-24-42)57(47-19-10-6-11-20-47)48-21-12-7-13-22-48/h5-36,39-40H,37-38H2,1-4H3. The molecule has 0 fully saturated rings. The number of benzene rings is 8. The molecule has 0 heterocycles. The van der Waals surface area contributed by atoms with E-state index in [1.165, 1.54) is 63.0 Å². The fraction of sp³-hybridized carbons (Fsp3) is 0.143. The van der Waals surface area contributed by atoms with Crippen LogP contribution in [0, 0.1) is 0 Å². The van der Waals surface area contributed by atoms with Gasteiger partial charge in [-0.05, 0) is 147 Å². The quantitative estimate of drug-likeness (QED) is 0.145. The smallest absolute Gasteiger partial charge is 0.0464 e. The molecular formula is C56H50N2. The van der Waals surface area contributed by atoms with Crippen molar-refractivity contribution >= 4 is 34.1 Å². The summed E-state index contributed by atoms with van der Waals surface area (Å²) >= 11 is 0. The second-order valence-corrected chi connectivity index (χ2v) is 16.9. The van der Waals surface area contributed by atoms with Crippen LogP contribution in [-0.2, 0) is 10.8 Å². The van der Waals surface area contributed by atoms with Crippen LogP contribution in [0.3, 0.4) is 0 Å². The minimum atomic E-state index is 0.104. The van der Waals surface area contributed by atoms with Gasteiger partial charge in [-0.15, -0.1) is 0 Å². The van der Waals surface area contributed by atoms with Gasteiger partial charge >= 0.3 is 0 Å². The van der Waals surface area contributed by atoms with Crippen molar-refractivity contribution < 1.29 is 0 Å². The zero-order chi connectivity index (χ0) is 39.7. The average Bonchev–Trinajstić information content (AvgIpc) is 3.27. The summed E-state index contributed by atoms with van der Waals surface area (Å²) in [5, 5.41) is 0. The summed E-state index contributed by atoms with van der Waals surface area (Å²) in [5.74, 6) is 0. The van der Waals surface area contributed by atoms with Crippen LogP contribution in [0.25, 0.3) is 33.4 Å². The Morgan fingerprint density at radius 1 is 0.276 bits per heavy atom. The molecule has 58 heavy (non-hydrogen) atoms. The van der Waals surface area contributed by atoms with Gasteiger partial charge in [0.2, 0.25) is 0 Å². The summed E-state index contributed by atoms with van der Waals surface area (Å²) in [6.07, 6.45) is 2.37. The molecule has 0 aliphatic heterocycles. The Bertz CT molecular complexity index is 2590. The lowest BCUT2D eigenvalue weighted by Crippen LogP contribution is -2.34. The van der Waals surface area contributed by atoms with Crippen molar-refractivity contribution in [3.8, 4) is 33.4 Å². The molecule has 0 aromatic heterocycles. The van der Waals surface area contributed by atoms with Gasteiger partial charge in [0.15, 0.2) is 0 Å². The van der Waals surface area contributed by atoms with E-state index >= 15 is 0 Å². The normalized spacial score (nSPS) is 14.0. The molecule has 0 bridgehead atoms. The third kappa shape index (κ3) is 7.35. The van der Waals surface area contributed by atoms with Gasteiger partial charge in [-0.3, -0.25) is 0 Å². The molecule has 0 saturated carbocycles. The van der Waals surface area contributed by atoms with Crippen LogP contribution < -0.4 is 9.80 Å². The highest BCUT2D eigenvalue weighted by Crippen LogP contribution is 2.48. The number of hydrogen-bond donors (Lipinski definition) is 0. The van der Waals surface area contributed by atoms with Gasteiger partial charge in [0.25, 0.3) is 0 Å². The summed E-state index contributed by atoms with van der Waals surface area (Å²) in [5.41, 5.74) is 17.3. The van der Waals surface area contributed by atoms with Crippen molar-refractivity contribution in [2.24, 2.45) is 0 Å². The van der Waals surface area contributed by atoms with Crippen LogP contribution in [0.2, 0.25) is 0 Å². The molecule has 0 saturated heterocycles. The van der Waals surface area contributed by atoms with Gasteiger partial charge in [-0.25, -0.2) is 0 Å². The molecule has 0 spiro atoms. The van der Waals surface area contributed by atoms with E-state index in [2.05, 4.69) is 244 Å². The topological polar surface area (TPSA) is 6.48 Å². The first-order valence-electron chi connectivity index (χ1n) is 20.6. The molecule has 9 rings (SSSR count). The Balaban J connectivity index is 1.07. The summed E-state index contributed by atoms with van der Waals surface area (Å²) in [6, 6.07) is 74.9. The molecule has 8 aromatic carbocycles. The Labute approximate surface area is 344 Å². The van der Waals surface area contributed by atoms with Crippen molar-refractivity contribution in [2.45, 2.75) is 51.4 Å².